The Kier molecular flexibility index (Phi) is 4.55. The summed E-state index contributed by atoms with van der Waals surface area (Å²) in [7, 11) is 3.03. The first-order valence-electron chi connectivity index (χ1n) is 7.17. The van der Waals surface area contributed by atoms with Crippen LogP contribution < -0.4 is 0 Å². The van der Waals surface area contributed by atoms with Gasteiger partial charge in [0.1, 0.15) is 11.6 Å². The fraction of sp³-hybridized carbons (Fsp3) is 0.176. The van der Waals surface area contributed by atoms with Crippen molar-refractivity contribution in [3.63, 3.8) is 0 Å². The number of halogens is 1. The van der Waals surface area contributed by atoms with E-state index in [0.29, 0.717) is 21.8 Å². The van der Waals surface area contributed by atoms with Crippen LogP contribution in [0.25, 0.3) is 11.0 Å². The van der Waals surface area contributed by atoms with E-state index in [4.69, 9.17) is 0 Å². The van der Waals surface area contributed by atoms with E-state index in [1.807, 2.05) is 0 Å². The van der Waals surface area contributed by atoms with Crippen LogP contribution in [0.2, 0.25) is 0 Å². The van der Waals surface area contributed by atoms with Crippen LogP contribution in [0.15, 0.2) is 47.6 Å². The van der Waals surface area contributed by atoms with Gasteiger partial charge < -0.3 is 9.29 Å². The molecule has 0 aliphatic heterocycles. The Bertz CT molecular complexity index is 893. The number of fused-ring (bicyclic) bond motifs is 1. The third-order valence-electron chi connectivity index (χ3n) is 3.68. The van der Waals surface area contributed by atoms with Crippen molar-refractivity contribution in [2.75, 3.05) is 7.11 Å². The maximum absolute atomic E-state index is 13.4. The fourth-order valence-electron chi connectivity index (χ4n) is 2.42. The minimum Gasteiger partial charge on any atom is -0.609 e. The molecular weight excluding hydrogens is 331 g/mol. The van der Waals surface area contributed by atoms with Crippen LogP contribution in [0.5, 0.6) is 0 Å². The van der Waals surface area contributed by atoms with Crippen molar-refractivity contribution in [1.82, 2.24) is 9.55 Å². The molecule has 1 unspecified atom stereocenters. The molecule has 1 aromatic heterocycles. The van der Waals surface area contributed by atoms with Crippen molar-refractivity contribution in [2.24, 2.45) is 7.05 Å². The van der Waals surface area contributed by atoms with Crippen molar-refractivity contribution in [2.45, 2.75) is 10.9 Å². The van der Waals surface area contributed by atoms with Gasteiger partial charge in [0.05, 0.1) is 23.7 Å². The number of hydrogen-bond donors (Lipinski definition) is 0. The molecule has 0 N–H and O–H groups in total. The molecule has 0 spiro atoms. The van der Waals surface area contributed by atoms with Gasteiger partial charge in [-0.1, -0.05) is 12.1 Å². The number of carbonyl (C=O) groups is 1. The second-order valence-corrected chi connectivity index (χ2v) is 6.61. The van der Waals surface area contributed by atoms with Gasteiger partial charge in [0, 0.05) is 23.8 Å². The number of aryl methyl sites for hydroxylation is 1. The van der Waals surface area contributed by atoms with E-state index in [0.717, 1.165) is 5.56 Å². The van der Waals surface area contributed by atoms with Gasteiger partial charge in [0.15, 0.2) is 0 Å². The maximum atomic E-state index is 13.4. The molecule has 0 amide bonds. The van der Waals surface area contributed by atoms with E-state index in [1.54, 1.807) is 41.9 Å². The van der Waals surface area contributed by atoms with Gasteiger partial charge in [-0.05, 0) is 30.3 Å². The van der Waals surface area contributed by atoms with Crippen LogP contribution in [0.3, 0.4) is 0 Å². The predicted molar refractivity (Wildman–Crippen MR) is 88.6 cm³/mol. The quantitative estimate of drug-likeness (QED) is 0.538. The highest BCUT2D eigenvalue weighted by Crippen LogP contribution is 2.22. The molecule has 0 aliphatic rings. The van der Waals surface area contributed by atoms with Crippen LogP contribution >= 0.6 is 0 Å². The van der Waals surface area contributed by atoms with Gasteiger partial charge >= 0.3 is 11.1 Å². The molecule has 0 saturated heterocycles. The second kappa shape index (κ2) is 6.62. The lowest BCUT2D eigenvalue weighted by Gasteiger charge is -2.10. The normalized spacial score (nSPS) is 12.3. The van der Waals surface area contributed by atoms with Crippen molar-refractivity contribution in [3.05, 3.63) is 59.4 Å². The number of carbonyl (C=O) groups excluding carboxylic acids is 1. The Morgan fingerprint density at radius 1 is 1.29 bits per heavy atom. The van der Waals surface area contributed by atoms with Gasteiger partial charge in [0.2, 0.25) is 0 Å². The summed E-state index contributed by atoms with van der Waals surface area (Å²) in [5.41, 5.74) is 2.44. The molecule has 0 fully saturated rings. The Balaban J connectivity index is 1.83. The molecule has 1 atom stereocenters. The third kappa shape index (κ3) is 3.13. The first kappa shape index (κ1) is 16.5. The molecule has 124 valence electrons. The molecular formula is C17H15FN2O3S. The molecule has 5 nitrogen and oxygen atoms in total. The number of ether oxygens (including phenoxy) is 1. The van der Waals surface area contributed by atoms with Crippen molar-refractivity contribution < 1.29 is 18.5 Å². The van der Waals surface area contributed by atoms with Gasteiger partial charge in [-0.3, -0.25) is 4.57 Å². The number of rotatable bonds is 4. The smallest absolute Gasteiger partial charge is 0.337 e. The predicted octanol–water partition coefficient (Wildman–Crippen LogP) is 2.81. The zero-order valence-corrected chi connectivity index (χ0v) is 14.0. The first-order valence-corrected chi connectivity index (χ1v) is 8.49. The van der Waals surface area contributed by atoms with Crippen LogP contribution in [-0.2, 0) is 28.7 Å². The minimum atomic E-state index is -1.39. The van der Waals surface area contributed by atoms with Crippen LogP contribution in [0.4, 0.5) is 4.39 Å². The minimum absolute atomic E-state index is 0.251. The van der Waals surface area contributed by atoms with Crippen molar-refractivity contribution in [1.29, 1.82) is 0 Å². The number of nitrogens with zero attached hydrogens (tertiary/aromatic N) is 2. The molecule has 0 radical (unpaired) electrons. The van der Waals surface area contributed by atoms with E-state index in [2.05, 4.69) is 9.72 Å². The second-order valence-electron chi connectivity index (χ2n) is 5.26. The zero-order chi connectivity index (χ0) is 17.3. The van der Waals surface area contributed by atoms with E-state index in [-0.39, 0.29) is 11.6 Å². The number of methoxy groups -OCH3 is 1. The highest BCUT2D eigenvalue weighted by molar-refractivity contribution is 7.90. The summed E-state index contributed by atoms with van der Waals surface area (Å²) in [6, 6.07) is 11.0. The molecule has 24 heavy (non-hydrogen) atoms. The molecule has 0 aliphatic carbocycles. The monoisotopic (exact) mass is 346 g/mol. The van der Waals surface area contributed by atoms with Crippen molar-refractivity contribution >= 4 is 28.2 Å². The van der Waals surface area contributed by atoms with Gasteiger partial charge in [-0.2, -0.15) is 4.98 Å². The average Bonchev–Trinajstić information content (AvgIpc) is 2.91. The Hall–Kier alpha value is -2.38. The number of aromatic nitrogens is 2. The largest absolute Gasteiger partial charge is 0.609 e. The highest BCUT2D eigenvalue weighted by atomic mass is 32.2. The lowest BCUT2D eigenvalue weighted by molar-refractivity contribution is 0.0600. The Labute approximate surface area is 141 Å². The molecule has 2 aromatic carbocycles. The average molecular weight is 346 g/mol. The van der Waals surface area contributed by atoms with E-state index in [1.165, 1.54) is 19.2 Å². The van der Waals surface area contributed by atoms with E-state index in [9.17, 15) is 13.7 Å². The number of hydrogen-bond acceptors (Lipinski definition) is 4. The highest BCUT2D eigenvalue weighted by Gasteiger charge is 2.21. The molecule has 7 heteroatoms. The Morgan fingerprint density at radius 3 is 2.67 bits per heavy atom. The summed E-state index contributed by atoms with van der Waals surface area (Å²) < 4.78 is 32.2. The van der Waals surface area contributed by atoms with Gasteiger partial charge in [-0.25, -0.2) is 9.18 Å². The summed E-state index contributed by atoms with van der Waals surface area (Å²) in [5.74, 6) is -0.526. The number of imidazole rings is 1. The summed E-state index contributed by atoms with van der Waals surface area (Å²) in [5, 5.41) is 0.382. The van der Waals surface area contributed by atoms with E-state index >= 15 is 0 Å². The van der Waals surface area contributed by atoms with E-state index < -0.39 is 17.1 Å². The van der Waals surface area contributed by atoms with Crippen molar-refractivity contribution in [3.8, 4) is 0 Å². The van der Waals surface area contributed by atoms with Gasteiger partial charge in [-0.15, -0.1) is 0 Å². The van der Waals surface area contributed by atoms with Crippen LogP contribution in [-0.4, -0.2) is 27.2 Å². The molecule has 3 aromatic rings. The molecule has 1 heterocycles. The Morgan fingerprint density at radius 2 is 2.00 bits per heavy atom. The summed E-state index contributed by atoms with van der Waals surface area (Å²) in [6.07, 6.45) is 0. The summed E-state index contributed by atoms with van der Waals surface area (Å²) >= 11 is -1.39. The molecule has 0 saturated carbocycles. The standard InChI is InChI=1S/C17H15FN2O3S/c1-20-15-9-13(18)7-8-14(15)19-17(20)24(22)10-11-3-5-12(6-4-11)16(21)23-2/h3-9H,10H2,1-2H3. The third-order valence-corrected chi connectivity index (χ3v) is 5.05. The number of esters is 1. The summed E-state index contributed by atoms with van der Waals surface area (Å²) in [4.78, 5) is 15.7. The lowest BCUT2D eigenvalue weighted by atomic mass is 10.1. The first-order chi connectivity index (χ1) is 11.5. The topological polar surface area (TPSA) is 67.2 Å². The van der Waals surface area contributed by atoms with Crippen LogP contribution in [0.1, 0.15) is 15.9 Å². The number of benzene rings is 2. The zero-order valence-electron chi connectivity index (χ0n) is 13.2. The SMILES string of the molecule is COC(=O)c1ccc(C[S+]([O-])c2nc3ccc(F)cc3n2C)cc1. The lowest BCUT2D eigenvalue weighted by Crippen LogP contribution is -2.11. The molecule has 0 bridgehead atoms. The van der Waals surface area contributed by atoms with Gasteiger partial charge in [0.25, 0.3) is 0 Å². The fourth-order valence-corrected chi connectivity index (χ4v) is 3.64. The van der Waals surface area contributed by atoms with Crippen LogP contribution in [0, 0.1) is 5.82 Å². The maximum Gasteiger partial charge on any atom is 0.337 e. The molecule has 3 rings (SSSR count). The summed E-state index contributed by atoms with van der Waals surface area (Å²) in [6.45, 7) is 0.